The van der Waals surface area contributed by atoms with E-state index in [2.05, 4.69) is 17.5 Å². The van der Waals surface area contributed by atoms with E-state index in [1.54, 1.807) is 21.3 Å². The minimum absolute atomic E-state index is 0.133. The van der Waals surface area contributed by atoms with Gasteiger partial charge in [-0.15, -0.1) is 6.42 Å². The Labute approximate surface area is 157 Å². The zero-order valence-corrected chi connectivity index (χ0v) is 15.3. The van der Waals surface area contributed by atoms with Gasteiger partial charge < -0.3 is 14.2 Å². The molecule has 0 fully saturated rings. The Morgan fingerprint density at radius 3 is 2.48 bits per heavy atom. The second-order valence-electron chi connectivity index (χ2n) is 5.94. The minimum Gasteiger partial charge on any atom is -0.494 e. The van der Waals surface area contributed by atoms with Crippen molar-refractivity contribution >= 4 is 28.7 Å². The quantitative estimate of drug-likeness (QED) is 0.483. The van der Waals surface area contributed by atoms with Gasteiger partial charge in [-0.05, 0) is 35.9 Å². The molecule has 0 saturated carbocycles. The highest BCUT2D eigenvalue weighted by Crippen LogP contribution is 2.50. The highest BCUT2D eigenvalue weighted by molar-refractivity contribution is 6.44. The van der Waals surface area contributed by atoms with Gasteiger partial charge in [-0.1, -0.05) is 5.92 Å². The third-order valence-corrected chi connectivity index (χ3v) is 4.56. The van der Waals surface area contributed by atoms with Crippen LogP contribution in [-0.2, 0) is 4.84 Å². The fraction of sp³-hybridized carbons (Fsp3) is 0.190. The largest absolute Gasteiger partial charge is 0.494 e. The molecule has 0 spiro atoms. The van der Waals surface area contributed by atoms with Crippen molar-refractivity contribution < 1.29 is 19.0 Å². The molecule has 0 saturated heterocycles. The predicted octanol–water partition coefficient (Wildman–Crippen LogP) is 3.68. The van der Waals surface area contributed by atoms with Crippen LogP contribution in [0.3, 0.4) is 0 Å². The molecule has 6 heteroatoms. The summed E-state index contributed by atoms with van der Waals surface area (Å²) in [6.45, 7) is 0.133. The van der Waals surface area contributed by atoms with Gasteiger partial charge in [-0.3, -0.25) is 10.3 Å². The van der Waals surface area contributed by atoms with Crippen LogP contribution in [-0.4, -0.2) is 33.6 Å². The SMILES string of the molecule is C#CCONc1c(OC)ccc2c1C1=Cc3cc(OC)c(OC)cc3C1=N2. The van der Waals surface area contributed by atoms with Crippen molar-refractivity contribution in [3.05, 3.63) is 41.0 Å². The first-order chi connectivity index (χ1) is 13.2. The molecule has 0 radical (unpaired) electrons. The average molecular weight is 362 g/mol. The molecular weight excluding hydrogens is 344 g/mol. The van der Waals surface area contributed by atoms with Gasteiger partial charge in [0, 0.05) is 16.7 Å². The molecule has 0 atom stereocenters. The first-order valence-electron chi connectivity index (χ1n) is 8.31. The Bertz CT molecular complexity index is 1030. The third kappa shape index (κ3) is 2.60. The lowest BCUT2D eigenvalue weighted by atomic mass is 10.0. The lowest BCUT2D eigenvalue weighted by Crippen LogP contribution is -2.06. The zero-order chi connectivity index (χ0) is 19.0. The molecule has 4 rings (SSSR count). The van der Waals surface area contributed by atoms with Crippen LogP contribution in [0.5, 0.6) is 17.2 Å². The monoisotopic (exact) mass is 362 g/mol. The van der Waals surface area contributed by atoms with E-state index < -0.39 is 0 Å². The Hall–Kier alpha value is -3.43. The molecule has 1 heterocycles. The van der Waals surface area contributed by atoms with Gasteiger partial charge in [-0.2, -0.15) is 0 Å². The number of nitrogens with zero attached hydrogens (tertiary/aromatic N) is 1. The Balaban J connectivity index is 1.82. The Morgan fingerprint density at radius 2 is 1.78 bits per heavy atom. The van der Waals surface area contributed by atoms with Gasteiger partial charge >= 0.3 is 0 Å². The number of hydrogen-bond acceptors (Lipinski definition) is 6. The number of aliphatic imine (C=N–C) groups is 1. The van der Waals surface area contributed by atoms with Crippen molar-refractivity contribution in [2.45, 2.75) is 0 Å². The Kier molecular flexibility index (Phi) is 4.22. The summed E-state index contributed by atoms with van der Waals surface area (Å²) in [6.07, 6.45) is 7.35. The highest BCUT2D eigenvalue weighted by atomic mass is 16.6. The number of anilines is 1. The van der Waals surface area contributed by atoms with E-state index in [0.29, 0.717) is 22.9 Å². The summed E-state index contributed by atoms with van der Waals surface area (Å²) in [5.41, 5.74) is 9.25. The number of terminal acetylenes is 1. The summed E-state index contributed by atoms with van der Waals surface area (Å²) in [6, 6.07) is 7.67. The number of benzene rings is 2. The molecular formula is C21H18N2O4. The van der Waals surface area contributed by atoms with Crippen LogP contribution >= 0.6 is 0 Å². The van der Waals surface area contributed by atoms with Crippen molar-refractivity contribution in [1.82, 2.24) is 0 Å². The van der Waals surface area contributed by atoms with E-state index in [4.69, 9.17) is 30.5 Å². The van der Waals surface area contributed by atoms with E-state index in [0.717, 1.165) is 33.7 Å². The maximum absolute atomic E-state index is 5.49. The van der Waals surface area contributed by atoms with Crippen molar-refractivity contribution in [2.24, 2.45) is 4.99 Å². The van der Waals surface area contributed by atoms with Crippen LogP contribution in [0.2, 0.25) is 0 Å². The van der Waals surface area contributed by atoms with Crippen molar-refractivity contribution in [1.29, 1.82) is 0 Å². The fourth-order valence-electron chi connectivity index (χ4n) is 3.38. The molecule has 0 unspecified atom stereocenters. The summed E-state index contributed by atoms with van der Waals surface area (Å²) in [5, 5.41) is 0. The molecule has 0 amide bonds. The molecule has 2 aromatic carbocycles. The molecule has 27 heavy (non-hydrogen) atoms. The molecule has 2 aromatic rings. The van der Waals surface area contributed by atoms with Crippen molar-refractivity contribution in [2.75, 3.05) is 33.4 Å². The van der Waals surface area contributed by atoms with Gasteiger partial charge in [0.05, 0.1) is 32.7 Å². The van der Waals surface area contributed by atoms with Crippen LogP contribution < -0.4 is 19.7 Å². The smallest absolute Gasteiger partial charge is 0.161 e. The summed E-state index contributed by atoms with van der Waals surface area (Å²) in [4.78, 5) is 10.2. The van der Waals surface area contributed by atoms with Gasteiger partial charge in [0.25, 0.3) is 0 Å². The lowest BCUT2D eigenvalue weighted by molar-refractivity contribution is 0.232. The summed E-state index contributed by atoms with van der Waals surface area (Å²) >= 11 is 0. The lowest BCUT2D eigenvalue weighted by Gasteiger charge is -2.14. The first kappa shape index (κ1) is 17.0. The van der Waals surface area contributed by atoms with E-state index in [9.17, 15) is 0 Å². The van der Waals surface area contributed by atoms with Gasteiger partial charge in [-0.25, -0.2) is 4.99 Å². The molecule has 1 N–H and O–H groups in total. The molecule has 1 aliphatic heterocycles. The molecule has 2 aliphatic rings. The summed E-state index contributed by atoms with van der Waals surface area (Å²) in [7, 11) is 4.85. The van der Waals surface area contributed by atoms with Crippen LogP contribution in [0.1, 0.15) is 16.7 Å². The van der Waals surface area contributed by atoms with Crippen molar-refractivity contribution in [3.63, 3.8) is 0 Å². The van der Waals surface area contributed by atoms with E-state index in [1.807, 2.05) is 24.3 Å². The standard InChI is InChI=1S/C21H18N2O4/c1-5-8-27-23-21-16(24-2)7-6-15-19(21)14-9-12-10-17(25-3)18(26-4)11-13(12)20(14)22-15/h1,6-7,9-11,23H,8H2,2-4H3. The van der Waals surface area contributed by atoms with Crippen molar-refractivity contribution in [3.8, 4) is 29.6 Å². The van der Waals surface area contributed by atoms with E-state index in [1.165, 1.54) is 0 Å². The predicted molar refractivity (Wildman–Crippen MR) is 105 cm³/mol. The number of nitrogens with one attached hydrogen (secondary N) is 1. The zero-order valence-electron chi connectivity index (χ0n) is 15.3. The topological polar surface area (TPSA) is 61.3 Å². The second kappa shape index (κ2) is 6.71. The number of hydrogen-bond donors (Lipinski definition) is 1. The molecule has 1 aliphatic carbocycles. The third-order valence-electron chi connectivity index (χ3n) is 4.56. The molecule has 136 valence electrons. The number of methoxy groups -OCH3 is 3. The molecule has 0 bridgehead atoms. The number of ether oxygens (including phenoxy) is 3. The summed E-state index contributed by atoms with van der Waals surface area (Å²) < 4.78 is 16.3. The average Bonchev–Trinajstić information content (AvgIpc) is 3.22. The van der Waals surface area contributed by atoms with E-state index in [-0.39, 0.29) is 6.61 Å². The first-order valence-corrected chi connectivity index (χ1v) is 8.31. The maximum atomic E-state index is 5.49. The number of fused-ring (bicyclic) bond motifs is 5. The van der Waals surface area contributed by atoms with Crippen LogP contribution in [0, 0.1) is 12.3 Å². The summed E-state index contributed by atoms with van der Waals surface area (Å²) in [5.74, 6) is 4.42. The van der Waals surface area contributed by atoms with Gasteiger partial charge in [0.2, 0.25) is 0 Å². The van der Waals surface area contributed by atoms with Crippen LogP contribution in [0.25, 0.3) is 11.6 Å². The van der Waals surface area contributed by atoms with Crippen LogP contribution in [0.4, 0.5) is 11.4 Å². The van der Waals surface area contributed by atoms with Gasteiger partial charge in [0.15, 0.2) is 11.5 Å². The van der Waals surface area contributed by atoms with Gasteiger partial charge in [0.1, 0.15) is 18.0 Å². The fourth-order valence-corrected chi connectivity index (χ4v) is 3.38. The second-order valence-corrected chi connectivity index (χ2v) is 5.94. The van der Waals surface area contributed by atoms with Crippen LogP contribution in [0.15, 0.2) is 29.3 Å². The normalized spacial score (nSPS) is 13.0. The Morgan fingerprint density at radius 1 is 1.04 bits per heavy atom. The minimum atomic E-state index is 0.133. The maximum Gasteiger partial charge on any atom is 0.161 e. The highest BCUT2D eigenvalue weighted by Gasteiger charge is 2.33. The number of rotatable bonds is 6. The molecule has 6 nitrogen and oxygen atoms in total. The molecule has 0 aromatic heterocycles. The number of allylic oxidation sites excluding steroid dienone is 1. The van der Waals surface area contributed by atoms with E-state index >= 15 is 0 Å².